The molecule has 0 aromatic heterocycles. The normalized spacial score (nSPS) is 15.2. The molecule has 0 aromatic carbocycles. The van der Waals surface area contributed by atoms with Gasteiger partial charge in [0.25, 0.3) is 0 Å². The lowest BCUT2D eigenvalue weighted by Gasteiger charge is -2.31. The van der Waals surface area contributed by atoms with Crippen molar-refractivity contribution in [3.8, 4) is 0 Å². The minimum Gasteiger partial charge on any atom is -0.457 e. The van der Waals surface area contributed by atoms with Gasteiger partial charge in [0.1, 0.15) is 0 Å². The van der Waals surface area contributed by atoms with Gasteiger partial charge in [-0.05, 0) is 39.2 Å². The molecule has 1 unspecified atom stereocenters. The fourth-order valence-electron chi connectivity index (χ4n) is 1.22. The van der Waals surface area contributed by atoms with Gasteiger partial charge in [0, 0.05) is 5.67 Å². The first kappa shape index (κ1) is 12.3. The molecule has 1 atom stereocenters. The van der Waals surface area contributed by atoms with Gasteiger partial charge in [0.2, 0.25) is 0 Å². The van der Waals surface area contributed by atoms with Crippen LogP contribution in [-0.4, -0.2) is 29.6 Å². The number of hydrogen-bond donors (Lipinski definition) is 2. The maximum absolute atomic E-state index is 5.99. The molecule has 12 heavy (non-hydrogen) atoms. The highest BCUT2D eigenvalue weighted by Gasteiger charge is 2.30. The Balaban J connectivity index is 3.99. The van der Waals surface area contributed by atoms with Gasteiger partial charge in [-0.2, -0.15) is 0 Å². The van der Waals surface area contributed by atoms with Gasteiger partial charge in [-0.25, -0.2) is 0 Å². The zero-order valence-electron chi connectivity index (χ0n) is 8.63. The minimum atomic E-state index is -1.63. The lowest BCUT2D eigenvalue weighted by atomic mass is 10.4. The van der Waals surface area contributed by atoms with Crippen molar-refractivity contribution < 1.29 is 4.12 Å². The summed E-state index contributed by atoms with van der Waals surface area (Å²) >= 11 is 0. The van der Waals surface area contributed by atoms with Crippen LogP contribution in [0.4, 0.5) is 0 Å². The first-order valence-corrected chi connectivity index (χ1v) is 10.3. The average Bonchev–Trinajstić information content (AvgIpc) is 1.85. The van der Waals surface area contributed by atoms with E-state index in [1.54, 1.807) is 0 Å². The van der Waals surface area contributed by atoms with Gasteiger partial charge in [-0.15, -0.1) is 0 Å². The Morgan fingerprint density at radius 1 is 1.42 bits per heavy atom. The van der Waals surface area contributed by atoms with E-state index in [0.717, 1.165) is 6.42 Å². The molecule has 0 aromatic rings. The van der Waals surface area contributed by atoms with Crippen molar-refractivity contribution in [3.63, 3.8) is 0 Å². The first-order valence-electron chi connectivity index (χ1n) is 4.53. The lowest BCUT2D eigenvalue weighted by molar-refractivity contribution is 0.536. The predicted octanol–water partition coefficient (Wildman–Crippen LogP) is 0.407. The lowest BCUT2D eigenvalue weighted by Crippen LogP contribution is -2.53. The van der Waals surface area contributed by atoms with Crippen LogP contribution >= 0.6 is 0 Å². The van der Waals surface area contributed by atoms with E-state index in [-0.39, 0.29) is 5.67 Å². The van der Waals surface area contributed by atoms with E-state index in [9.17, 15) is 0 Å². The summed E-state index contributed by atoms with van der Waals surface area (Å²) in [5, 5.41) is 0. The summed E-state index contributed by atoms with van der Waals surface area (Å²) in [6.45, 7) is 9.40. The fraction of sp³-hybridized carbons (Fsp3) is 1.00. The first-order chi connectivity index (χ1) is 5.40. The molecular weight excluding hydrogens is 184 g/mol. The van der Waals surface area contributed by atoms with Crippen LogP contribution in [0.2, 0.25) is 26.2 Å². The molecule has 0 aliphatic heterocycles. The van der Waals surface area contributed by atoms with Crippen molar-refractivity contribution in [2.24, 2.45) is 11.5 Å². The minimum absolute atomic E-state index is 0.192. The summed E-state index contributed by atoms with van der Waals surface area (Å²) in [6.07, 6.45) is 0.889. The molecule has 0 bridgehead atoms. The quantitative estimate of drug-likeness (QED) is 0.641. The second kappa shape index (κ2) is 5.13. The van der Waals surface area contributed by atoms with Gasteiger partial charge < -0.3 is 15.6 Å². The van der Waals surface area contributed by atoms with Crippen LogP contribution in [0.25, 0.3) is 0 Å². The van der Waals surface area contributed by atoms with E-state index in [2.05, 4.69) is 26.2 Å². The average molecular weight is 206 g/mol. The third-order valence-corrected chi connectivity index (χ3v) is 8.30. The van der Waals surface area contributed by atoms with Crippen molar-refractivity contribution in [1.82, 2.24) is 0 Å². The number of rotatable bonds is 5. The van der Waals surface area contributed by atoms with Gasteiger partial charge in [0.15, 0.2) is 17.4 Å². The van der Waals surface area contributed by atoms with Crippen molar-refractivity contribution in [3.05, 3.63) is 0 Å². The van der Waals surface area contributed by atoms with E-state index in [1.807, 2.05) is 0 Å². The van der Waals surface area contributed by atoms with Crippen molar-refractivity contribution in [1.29, 1.82) is 0 Å². The summed E-state index contributed by atoms with van der Waals surface area (Å²) in [6, 6.07) is 0. The standard InChI is InChI=1S/C7H22N2OSi2/c1-11(2)10-12(3,4)7(9)5-6-8/h7,11H,5-6,8-9H2,1-4H3. The van der Waals surface area contributed by atoms with Gasteiger partial charge in [0.05, 0.1) is 0 Å². The highest BCUT2D eigenvalue weighted by Crippen LogP contribution is 2.12. The molecule has 0 rings (SSSR count). The molecule has 5 heteroatoms. The maximum atomic E-state index is 5.99. The Kier molecular flexibility index (Phi) is 5.27. The van der Waals surface area contributed by atoms with E-state index in [0.29, 0.717) is 6.54 Å². The van der Waals surface area contributed by atoms with Crippen LogP contribution in [0.15, 0.2) is 0 Å². The Morgan fingerprint density at radius 2 is 1.92 bits per heavy atom. The van der Waals surface area contributed by atoms with Crippen molar-refractivity contribution >= 4 is 17.4 Å². The molecule has 0 spiro atoms. The smallest absolute Gasteiger partial charge is 0.190 e. The Morgan fingerprint density at radius 3 is 2.25 bits per heavy atom. The molecule has 4 N–H and O–H groups in total. The fourth-order valence-corrected chi connectivity index (χ4v) is 7.64. The van der Waals surface area contributed by atoms with Crippen LogP contribution < -0.4 is 11.5 Å². The van der Waals surface area contributed by atoms with Gasteiger partial charge >= 0.3 is 0 Å². The monoisotopic (exact) mass is 206 g/mol. The van der Waals surface area contributed by atoms with Crippen molar-refractivity contribution in [2.45, 2.75) is 38.3 Å². The van der Waals surface area contributed by atoms with E-state index in [4.69, 9.17) is 15.6 Å². The predicted molar refractivity (Wildman–Crippen MR) is 59.1 cm³/mol. The number of nitrogens with two attached hydrogens (primary N) is 2. The molecule has 0 fully saturated rings. The largest absolute Gasteiger partial charge is 0.457 e. The van der Waals surface area contributed by atoms with Crippen LogP contribution in [-0.2, 0) is 4.12 Å². The molecule has 0 saturated heterocycles. The molecule has 0 aliphatic rings. The van der Waals surface area contributed by atoms with Crippen LogP contribution in [0.1, 0.15) is 6.42 Å². The summed E-state index contributed by atoms with van der Waals surface area (Å²) < 4.78 is 5.95. The van der Waals surface area contributed by atoms with Crippen molar-refractivity contribution in [2.75, 3.05) is 6.54 Å². The highest BCUT2D eigenvalue weighted by atomic mass is 28.4. The van der Waals surface area contributed by atoms with Gasteiger partial charge in [-0.3, -0.25) is 0 Å². The zero-order valence-corrected chi connectivity index (χ0v) is 10.8. The molecule has 0 radical (unpaired) electrons. The Labute approximate surface area is 78.3 Å². The molecule has 74 valence electrons. The third-order valence-electron chi connectivity index (χ3n) is 1.91. The molecule has 3 nitrogen and oxygen atoms in total. The zero-order chi connectivity index (χ0) is 9.78. The van der Waals surface area contributed by atoms with E-state index >= 15 is 0 Å². The summed E-state index contributed by atoms with van der Waals surface area (Å²) in [5.41, 5.74) is 11.6. The second-order valence-corrected chi connectivity index (χ2v) is 10.9. The topological polar surface area (TPSA) is 61.3 Å². The van der Waals surface area contributed by atoms with Crippen LogP contribution in [0.3, 0.4) is 0 Å². The van der Waals surface area contributed by atoms with Gasteiger partial charge in [-0.1, -0.05) is 0 Å². The maximum Gasteiger partial charge on any atom is 0.190 e. The van der Waals surface area contributed by atoms with E-state index in [1.165, 1.54) is 0 Å². The Hall–Kier alpha value is 0.314. The summed E-state index contributed by atoms with van der Waals surface area (Å²) in [4.78, 5) is 0. The highest BCUT2D eigenvalue weighted by molar-refractivity contribution is 6.79. The number of hydrogen-bond acceptors (Lipinski definition) is 3. The summed E-state index contributed by atoms with van der Waals surface area (Å²) in [7, 11) is -2.57. The third kappa shape index (κ3) is 4.37. The SMILES string of the molecule is C[SiH](C)O[Si](C)(C)C(N)CCN. The molecule has 0 saturated carbocycles. The van der Waals surface area contributed by atoms with Crippen LogP contribution in [0.5, 0.6) is 0 Å². The molecule has 0 aliphatic carbocycles. The van der Waals surface area contributed by atoms with Crippen LogP contribution in [0, 0.1) is 0 Å². The van der Waals surface area contributed by atoms with E-state index < -0.39 is 17.4 Å². The molecule has 0 heterocycles. The molecular formula is C7H22N2OSi2. The summed E-state index contributed by atoms with van der Waals surface area (Å²) in [5.74, 6) is 0. The molecule has 0 amide bonds. The Bertz CT molecular complexity index is 131. The second-order valence-electron chi connectivity index (χ2n) is 3.95.